The van der Waals surface area contributed by atoms with Gasteiger partial charge in [0, 0.05) is 5.39 Å². The van der Waals surface area contributed by atoms with Gasteiger partial charge >= 0.3 is 5.97 Å². The van der Waals surface area contributed by atoms with E-state index < -0.39 is 5.97 Å². The average Bonchev–Trinajstić information content (AvgIpc) is 2.55. The summed E-state index contributed by atoms with van der Waals surface area (Å²) in [6, 6.07) is 16.2. The van der Waals surface area contributed by atoms with Gasteiger partial charge in [-0.05, 0) is 53.9 Å². The van der Waals surface area contributed by atoms with E-state index in [4.69, 9.17) is 9.47 Å². The minimum absolute atomic E-state index is 0.300. The average molecular weight is 296 g/mol. The summed E-state index contributed by atoms with van der Waals surface area (Å²) < 4.78 is 24.0. The molecular formula is C18H13FO3. The standard InChI is InChI=1S/C18H13FO3/c1-21-14-7-5-12(6-8-14)18(20)22-15-9-10-16-13(11-15)3-2-4-17(16)19/h2-11H,1H3. The zero-order chi connectivity index (χ0) is 15.5. The second-order valence-corrected chi connectivity index (χ2v) is 4.74. The Morgan fingerprint density at radius 1 is 0.955 bits per heavy atom. The van der Waals surface area contributed by atoms with Crippen LogP contribution in [0.15, 0.2) is 60.7 Å². The molecule has 3 aromatic rings. The smallest absolute Gasteiger partial charge is 0.343 e. The van der Waals surface area contributed by atoms with Crippen LogP contribution in [-0.4, -0.2) is 13.1 Å². The fourth-order valence-corrected chi connectivity index (χ4v) is 2.18. The maximum atomic E-state index is 13.6. The van der Waals surface area contributed by atoms with E-state index in [9.17, 15) is 9.18 Å². The van der Waals surface area contributed by atoms with Gasteiger partial charge in [-0.2, -0.15) is 0 Å². The van der Waals surface area contributed by atoms with Crippen molar-refractivity contribution in [2.75, 3.05) is 7.11 Å². The fourth-order valence-electron chi connectivity index (χ4n) is 2.18. The van der Waals surface area contributed by atoms with Crippen LogP contribution in [0.4, 0.5) is 4.39 Å². The molecule has 0 aliphatic rings. The number of carbonyl (C=O) groups is 1. The van der Waals surface area contributed by atoms with Gasteiger partial charge in [-0.3, -0.25) is 0 Å². The first-order valence-electron chi connectivity index (χ1n) is 6.72. The Morgan fingerprint density at radius 2 is 1.68 bits per heavy atom. The Morgan fingerprint density at radius 3 is 2.41 bits per heavy atom. The summed E-state index contributed by atoms with van der Waals surface area (Å²) in [6.45, 7) is 0. The number of esters is 1. The zero-order valence-electron chi connectivity index (χ0n) is 11.9. The molecule has 0 fully saturated rings. The van der Waals surface area contributed by atoms with Crippen molar-refractivity contribution in [3.8, 4) is 11.5 Å². The molecule has 0 unspecified atom stereocenters. The highest BCUT2D eigenvalue weighted by molar-refractivity contribution is 5.92. The minimum Gasteiger partial charge on any atom is -0.497 e. The van der Waals surface area contributed by atoms with Crippen molar-refractivity contribution in [3.05, 3.63) is 72.0 Å². The zero-order valence-corrected chi connectivity index (χ0v) is 11.9. The third-order valence-electron chi connectivity index (χ3n) is 3.33. The van der Waals surface area contributed by atoms with Crippen molar-refractivity contribution in [3.63, 3.8) is 0 Å². The topological polar surface area (TPSA) is 35.5 Å². The molecule has 22 heavy (non-hydrogen) atoms. The van der Waals surface area contributed by atoms with Gasteiger partial charge in [-0.25, -0.2) is 9.18 Å². The van der Waals surface area contributed by atoms with Crippen LogP contribution in [0.5, 0.6) is 11.5 Å². The molecular weight excluding hydrogens is 283 g/mol. The Hall–Kier alpha value is -2.88. The van der Waals surface area contributed by atoms with E-state index in [1.807, 2.05) is 0 Å². The van der Waals surface area contributed by atoms with Crippen LogP contribution >= 0.6 is 0 Å². The number of halogens is 1. The van der Waals surface area contributed by atoms with Crippen LogP contribution in [0.1, 0.15) is 10.4 Å². The van der Waals surface area contributed by atoms with Crippen molar-refractivity contribution in [2.24, 2.45) is 0 Å². The molecule has 3 nitrogen and oxygen atoms in total. The van der Waals surface area contributed by atoms with Gasteiger partial charge in [0.1, 0.15) is 17.3 Å². The number of fused-ring (bicyclic) bond motifs is 1. The first-order chi connectivity index (χ1) is 10.7. The lowest BCUT2D eigenvalue weighted by atomic mass is 10.1. The van der Waals surface area contributed by atoms with Gasteiger partial charge < -0.3 is 9.47 Å². The van der Waals surface area contributed by atoms with Crippen molar-refractivity contribution in [1.29, 1.82) is 0 Å². The summed E-state index contributed by atoms with van der Waals surface area (Å²) in [5.41, 5.74) is 0.417. The molecule has 0 amide bonds. The lowest BCUT2D eigenvalue weighted by molar-refractivity contribution is 0.0735. The van der Waals surface area contributed by atoms with Gasteiger partial charge in [-0.15, -0.1) is 0 Å². The predicted molar refractivity (Wildman–Crippen MR) is 81.9 cm³/mol. The minimum atomic E-state index is -0.474. The molecule has 3 aromatic carbocycles. The Balaban J connectivity index is 1.84. The van der Waals surface area contributed by atoms with Gasteiger partial charge in [0.15, 0.2) is 0 Å². The molecule has 3 rings (SSSR count). The lowest BCUT2D eigenvalue weighted by Gasteiger charge is -2.07. The Labute approximate surface area is 126 Å². The molecule has 0 spiro atoms. The number of benzene rings is 3. The first kappa shape index (κ1) is 14.1. The lowest BCUT2D eigenvalue weighted by Crippen LogP contribution is -2.08. The number of rotatable bonds is 3. The van der Waals surface area contributed by atoms with Crippen LogP contribution in [0.3, 0.4) is 0 Å². The highest BCUT2D eigenvalue weighted by Crippen LogP contribution is 2.24. The van der Waals surface area contributed by atoms with Crippen molar-refractivity contribution in [1.82, 2.24) is 0 Å². The molecule has 0 radical (unpaired) electrons. The normalized spacial score (nSPS) is 10.5. The van der Waals surface area contributed by atoms with Crippen LogP contribution in [-0.2, 0) is 0 Å². The number of methoxy groups -OCH3 is 1. The van der Waals surface area contributed by atoms with Crippen LogP contribution in [0.2, 0.25) is 0 Å². The van der Waals surface area contributed by atoms with Gasteiger partial charge in [-0.1, -0.05) is 12.1 Å². The Kier molecular flexibility index (Phi) is 3.74. The SMILES string of the molecule is COc1ccc(C(=O)Oc2ccc3c(F)cccc3c2)cc1. The number of hydrogen-bond acceptors (Lipinski definition) is 3. The van der Waals surface area contributed by atoms with E-state index in [-0.39, 0.29) is 5.82 Å². The van der Waals surface area contributed by atoms with Gasteiger partial charge in [0.25, 0.3) is 0 Å². The summed E-state index contributed by atoms with van der Waals surface area (Å²) in [5, 5.41) is 1.17. The van der Waals surface area contributed by atoms with Crippen LogP contribution in [0, 0.1) is 5.82 Å². The molecule has 0 bridgehead atoms. The van der Waals surface area contributed by atoms with E-state index in [1.165, 1.54) is 6.07 Å². The second kappa shape index (κ2) is 5.85. The van der Waals surface area contributed by atoms with Gasteiger partial charge in [0.05, 0.1) is 12.7 Å². The van der Waals surface area contributed by atoms with Crippen molar-refractivity contribution < 1.29 is 18.7 Å². The third-order valence-corrected chi connectivity index (χ3v) is 3.33. The molecule has 0 aliphatic carbocycles. The number of carbonyl (C=O) groups excluding carboxylic acids is 1. The molecule has 0 aromatic heterocycles. The molecule has 0 N–H and O–H groups in total. The monoisotopic (exact) mass is 296 g/mol. The first-order valence-corrected chi connectivity index (χ1v) is 6.72. The Bertz CT molecular complexity index is 825. The highest BCUT2D eigenvalue weighted by atomic mass is 19.1. The van der Waals surface area contributed by atoms with Crippen molar-refractivity contribution >= 4 is 16.7 Å². The second-order valence-electron chi connectivity index (χ2n) is 4.74. The van der Waals surface area contributed by atoms with Crippen molar-refractivity contribution in [2.45, 2.75) is 0 Å². The molecule has 0 saturated carbocycles. The summed E-state index contributed by atoms with van der Waals surface area (Å²) in [4.78, 5) is 12.1. The van der Waals surface area contributed by atoms with Crippen LogP contribution < -0.4 is 9.47 Å². The summed E-state index contributed by atoms with van der Waals surface area (Å²) in [7, 11) is 1.56. The molecule has 110 valence electrons. The number of hydrogen-bond donors (Lipinski definition) is 0. The maximum absolute atomic E-state index is 13.6. The molecule has 0 heterocycles. The maximum Gasteiger partial charge on any atom is 0.343 e. The van der Waals surface area contributed by atoms with E-state index >= 15 is 0 Å². The largest absolute Gasteiger partial charge is 0.497 e. The summed E-state index contributed by atoms with van der Waals surface area (Å²) in [6.07, 6.45) is 0. The summed E-state index contributed by atoms with van der Waals surface area (Å²) >= 11 is 0. The fraction of sp³-hybridized carbons (Fsp3) is 0.0556. The van der Waals surface area contributed by atoms with E-state index in [0.717, 1.165) is 0 Å². The van der Waals surface area contributed by atoms with E-state index in [1.54, 1.807) is 61.7 Å². The highest BCUT2D eigenvalue weighted by Gasteiger charge is 2.10. The molecule has 0 saturated heterocycles. The van der Waals surface area contributed by atoms with E-state index in [0.29, 0.717) is 27.8 Å². The molecule has 0 aliphatic heterocycles. The van der Waals surface area contributed by atoms with Gasteiger partial charge in [0.2, 0.25) is 0 Å². The third kappa shape index (κ3) is 2.76. The summed E-state index contributed by atoms with van der Waals surface area (Å²) in [5.74, 6) is 0.264. The predicted octanol–water partition coefficient (Wildman–Crippen LogP) is 4.21. The van der Waals surface area contributed by atoms with Crippen LogP contribution in [0.25, 0.3) is 10.8 Å². The molecule has 4 heteroatoms. The quantitative estimate of drug-likeness (QED) is 0.536. The molecule has 0 atom stereocenters. The number of ether oxygens (including phenoxy) is 2. The van der Waals surface area contributed by atoms with E-state index in [2.05, 4.69) is 0 Å².